The fourth-order valence-corrected chi connectivity index (χ4v) is 3.49. The Hall–Kier alpha value is -1.99. The number of hydrogen-bond donors (Lipinski definition) is 1. The minimum atomic E-state index is -1.07. The fraction of sp³-hybridized carbons (Fsp3) is 0.118. The van der Waals surface area contributed by atoms with E-state index in [2.05, 4.69) is 31.9 Å². The number of carbonyl (C=O) groups is 1. The van der Waals surface area contributed by atoms with Gasteiger partial charge < -0.3 is 19.0 Å². The number of methoxy groups -OCH3 is 1. The van der Waals surface area contributed by atoms with Crippen LogP contribution in [0.5, 0.6) is 11.5 Å². The third-order valence-electron chi connectivity index (χ3n) is 3.43. The van der Waals surface area contributed by atoms with E-state index in [4.69, 9.17) is 13.9 Å². The van der Waals surface area contributed by atoms with Gasteiger partial charge in [0.15, 0.2) is 5.76 Å². The summed E-state index contributed by atoms with van der Waals surface area (Å²) in [5, 5.41) is 10.0. The van der Waals surface area contributed by atoms with Gasteiger partial charge in [-0.3, -0.25) is 0 Å². The van der Waals surface area contributed by atoms with Gasteiger partial charge >= 0.3 is 5.97 Å². The minimum Gasteiger partial charge on any atom is -0.497 e. The van der Waals surface area contributed by atoms with Crippen molar-refractivity contribution < 1.29 is 23.8 Å². The zero-order valence-electron chi connectivity index (χ0n) is 12.5. The SMILES string of the molecule is COc1ccc2oc(COc3ccc(Br)cc3Br)c(C(=O)O)c2c1. The molecular weight excluding hydrogens is 444 g/mol. The number of aromatic carboxylic acids is 1. The summed E-state index contributed by atoms with van der Waals surface area (Å²) in [4.78, 5) is 11.6. The van der Waals surface area contributed by atoms with Gasteiger partial charge in [-0.15, -0.1) is 0 Å². The highest BCUT2D eigenvalue weighted by Crippen LogP contribution is 2.32. The van der Waals surface area contributed by atoms with E-state index in [9.17, 15) is 9.90 Å². The monoisotopic (exact) mass is 454 g/mol. The standard InChI is InChI=1S/C17H12Br2O5/c1-22-10-3-5-13-11(7-10)16(17(20)21)15(24-13)8-23-14-4-2-9(18)6-12(14)19/h2-7H,8H2,1H3,(H,20,21). The van der Waals surface area contributed by atoms with E-state index in [1.165, 1.54) is 7.11 Å². The van der Waals surface area contributed by atoms with Crippen LogP contribution in [0.2, 0.25) is 0 Å². The molecule has 24 heavy (non-hydrogen) atoms. The summed E-state index contributed by atoms with van der Waals surface area (Å²) >= 11 is 6.77. The fourth-order valence-electron chi connectivity index (χ4n) is 2.33. The van der Waals surface area contributed by atoms with Gasteiger partial charge in [0.2, 0.25) is 0 Å². The highest BCUT2D eigenvalue weighted by atomic mass is 79.9. The molecule has 0 aliphatic rings. The number of hydrogen-bond acceptors (Lipinski definition) is 4. The predicted molar refractivity (Wildman–Crippen MR) is 95.9 cm³/mol. The van der Waals surface area contributed by atoms with Crippen LogP contribution in [0.1, 0.15) is 16.1 Å². The second kappa shape index (κ2) is 6.86. The Balaban J connectivity index is 1.96. The Kier molecular flexibility index (Phi) is 4.82. The predicted octanol–water partition coefficient (Wildman–Crippen LogP) is 5.24. The van der Waals surface area contributed by atoms with Crippen LogP contribution < -0.4 is 9.47 Å². The second-order valence-corrected chi connectivity index (χ2v) is 6.70. The molecule has 0 atom stereocenters. The molecule has 0 fully saturated rings. The topological polar surface area (TPSA) is 68.9 Å². The van der Waals surface area contributed by atoms with Crippen molar-refractivity contribution in [3.63, 3.8) is 0 Å². The van der Waals surface area contributed by atoms with Gasteiger partial charge in [0, 0.05) is 9.86 Å². The van der Waals surface area contributed by atoms with Crippen molar-refractivity contribution in [1.82, 2.24) is 0 Å². The summed E-state index contributed by atoms with van der Waals surface area (Å²) in [6, 6.07) is 10.5. The Labute approximate surface area is 154 Å². The molecule has 0 bridgehead atoms. The number of halogens is 2. The smallest absolute Gasteiger partial charge is 0.340 e. The van der Waals surface area contributed by atoms with Crippen molar-refractivity contribution in [3.05, 3.63) is 56.7 Å². The average molecular weight is 456 g/mol. The minimum absolute atomic E-state index is 0.00113. The van der Waals surface area contributed by atoms with Crippen molar-refractivity contribution in [1.29, 1.82) is 0 Å². The van der Waals surface area contributed by atoms with Crippen LogP contribution in [0.15, 0.2) is 49.8 Å². The molecule has 0 aliphatic heterocycles. The maximum absolute atomic E-state index is 11.6. The zero-order chi connectivity index (χ0) is 17.3. The third kappa shape index (κ3) is 3.27. The van der Waals surface area contributed by atoms with E-state index >= 15 is 0 Å². The molecule has 0 aliphatic carbocycles. The first-order valence-corrected chi connectivity index (χ1v) is 8.48. The van der Waals surface area contributed by atoms with Gasteiger partial charge in [-0.1, -0.05) is 15.9 Å². The Bertz CT molecular complexity index is 917. The van der Waals surface area contributed by atoms with E-state index < -0.39 is 5.97 Å². The summed E-state index contributed by atoms with van der Waals surface area (Å²) < 4.78 is 18.2. The lowest BCUT2D eigenvalue weighted by molar-refractivity contribution is 0.0693. The first-order valence-electron chi connectivity index (χ1n) is 6.90. The summed E-state index contributed by atoms with van der Waals surface area (Å²) in [5.74, 6) is 0.331. The van der Waals surface area contributed by atoms with E-state index in [0.29, 0.717) is 22.5 Å². The van der Waals surface area contributed by atoms with Gasteiger partial charge in [0.05, 0.1) is 11.6 Å². The molecule has 0 saturated carbocycles. The van der Waals surface area contributed by atoms with Crippen LogP contribution in [0.25, 0.3) is 11.0 Å². The Morgan fingerprint density at radius 1 is 1.21 bits per heavy atom. The molecule has 3 rings (SSSR count). The average Bonchev–Trinajstić information content (AvgIpc) is 2.91. The Morgan fingerprint density at radius 3 is 2.67 bits per heavy atom. The lowest BCUT2D eigenvalue weighted by Crippen LogP contribution is -2.03. The lowest BCUT2D eigenvalue weighted by Gasteiger charge is -2.07. The van der Waals surface area contributed by atoms with Gasteiger partial charge in [0.1, 0.15) is 29.3 Å². The number of fused-ring (bicyclic) bond motifs is 1. The van der Waals surface area contributed by atoms with E-state index in [0.717, 1.165) is 8.95 Å². The molecule has 7 heteroatoms. The molecule has 2 aromatic carbocycles. The highest BCUT2D eigenvalue weighted by molar-refractivity contribution is 9.11. The number of benzene rings is 2. The summed E-state index contributed by atoms with van der Waals surface area (Å²) in [6.45, 7) is -0.00113. The van der Waals surface area contributed by atoms with Crippen molar-refractivity contribution >= 4 is 48.8 Å². The van der Waals surface area contributed by atoms with E-state index in [1.54, 1.807) is 24.3 Å². The molecule has 0 spiro atoms. The van der Waals surface area contributed by atoms with Crippen molar-refractivity contribution in [2.75, 3.05) is 7.11 Å². The summed E-state index contributed by atoms with van der Waals surface area (Å²) in [7, 11) is 1.52. The maximum Gasteiger partial charge on any atom is 0.340 e. The van der Waals surface area contributed by atoms with Crippen molar-refractivity contribution in [2.45, 2.75) is 6.61 Å². The van der Waals surface area contributed by atoms with E-state index in [1.807, 2.05) is 12.1 Å². The summed E-state index contributed by atoms with van der Waals surface area (Å²) in [5.41, 5.74) is 0.554. The summed E-state index contributed by atoms with van der Waals surface area (Å²) in [6.07, 6.45) is 0. The number of carboxylic acids is 1. The van der Waals surface area contributed by atoms with Crippen LogP contribution >= 0.6 is 31.9 Å². The quantitative estimate of drug-likeness (QED) is 0.569. The molecule has 0 radical (unpaired) electrons. The van der Waals surface area contributed by atoms with Gasteiger partial charge in [-0.2, -0.15) is 0 Å². The molecule has 3 aromatic rings. The number of furan rings is 1. The highest BCUT2D eigenvalue weighted by Gasteiger charge is 2.21. The molecule has 0 saturated heterocycles. The van der Waals surface area contributed by atoms with Crippen LogP contribution in [-0.4, -0.2) is 18.2 Å². The molecule has 5 nitrogen and oxygen atoms in total. The molecule has 0 amide bonds. The molecule has 124 valence electrons. The van der Waals surface area contributed by atoms with Crippen molar-refractivity contribution in [3.8, 4) is 11.5 Å². The number of rotatable bonds is 5. The van der Waals surface area contributed by atoms with Crippen LogP contribution in [0, 0.1) is 0 Å². The largest absolute Gasteiger partial charge is 0.497 e. The first-order chi connectivity index (χ1) is 11.5. The van der Waals surface area contributed by atoms with E-state index in [-0.39, 0.29) is 17.9 Å². The molecular formula is C17H12Br2O5. The number of carboxylic acid groups (broad SMARTS) is 1. The van der Waals surface area contributed by atoms with Gasteiger partial charge in [-0.05, 0) is 52.3 Å². The number of ether oxygens (including phenoxy) is 2. The molecule has 1 N–H and O–H groups in total. The maximum atomic E-state index is 11.6. The molecule has 1 heterocycles. The third-order valence-corrected chi connectivity index (χ3v) is 4.55. The van der Waals surface area contributed by atoms with Crippen LogP contribution in [0.4, 0.5) is 0 Å². The van der Waals surface area contributed by atoms with Gasteiger partial charge in [-0.25, -0.2) is 4.79 Å². The molecule has 0 unspecified atom stereocenters. The lowest BCUT2D eigenvalue weighted by atomic mass is 10.1. The molecule has 1 aromatic heterocycles. The second-order valence-electron chi connectivity index (χ2n) is 4.93. The zero-order valence-corrected chi connectivity index (χ0v) is 15.7. The Morgan fingerprint density at radius 2 is 2.00 bits per heavy atom. The van der Waals surface area contributed by atoms with Gasteiger partial charge in [0.25, 0.3) is 0 Å². The van der Waals surface area contributed by atoms with Crippen molar-refractivity contribution in [2.24, 2.45) is 0 Å². The van der Waals surface area contributed by atoms with Crippen LogP contribution in [-0.2, 0) is 6.61 Å². The normalized spacial score (nSPS) is 10.8. The van der Waals surface area contributed by atoms with Crippen LogP contribution in [0.3, 0.4) is 0 Å². The first kappa shape index (κ1) is 16.9.